The minimum Gasteiger partial charge on any atom is -0.291 e. The first-order valence-electron chi connectivity index (χ1n) is 6.26. The van der Waals surface area contributed by atoms with Crippen LogP contribution in [0, 0.1) is 0 Å². The number of hydrogen-bond donors (Lipinski definition) is 1. The molecule has 0 saturated carbocycles. The number of imide groups is 1. The minimum atomic E-state index is -0.473. The van der Waals surface area contributed by atoms with Gasteiger partial charge in [0.25, 0.3) is 5.91 Å². The molecular formula is C16H12N2O2. The lowest BCUT2D eigenvalue weighted by molar-refractivity contribution is -0.118. The maximum atomic E-state index is 12.1. The molecule has 1 aromatic heterocycles. The molecule has 4 nitrogen and oxygen atoms in total. The number of aromatic nitrogens is 1. The molecular weight excluding hydrogens is 252 g/mol. The van der Waals surface area contributed by atoms with Crippen LogP contribution in [-0.2, 0) is 4.79 Å². The van der Waals surface area contributed by atoms with Crippen LogP contribution >= 0.6 is 0 Å². The molecule has 1 heterocycles. The number of nitrogens with one attached hydrogen (secondary N) is 1. The Hall–Kier alpha value is -2.75. The Kier molecular flexibility index (Phi) is 2.91. The van der Waals surface area contributed by atoms with E-state index in [4.69, 9.17) is 0 Å². The van der Waals surface area contributed by atoms with Crippen molar-refractivity contribution in [3.8, 4) is 0 Å². The first-order valence-corrected chi connectivity index (χ1v) is 6.26. The number of benzene rings is 2. The van der Waals surface area contributed by atoms with Crippen LogP contribution in [0.1, 0.15) is 17.4 Å². The van der Waals surface area contributed by atoms with Crippen LogP contribution in [0.25, 0.3) is 21.7 Å². The van der Waals surface area contributed by atoms with Gasteiger partial charge in [-0.05, 0) is 11.5 Å². The van der Waals surface area contributed by atoms with Gasteiger partial charge < -0.3 is 0 Å². The van der Waals surface area contributed by atoms with E-state index in [-0.39, 0.29) is 5.69 Å². The van der Waals surface area contributed by atoms with E-state index in [0.717, 1.165) is 21.7 Å². The maximum Gasteiger partial charge on any atom is 0.277 e. The summed E-state index contributed by atoms with van der Waals surface area (Å²) in [5.74, 6) is -0.867. The van der Waals surface area contributed by atoms with Gasteiger partial charge in [-0.1, -0.05) is 42.5 Å². The van der Waals surface area contributed by atoms with Crippen molar-refractivity contribution in [2.75, 3.05) is 0 Å². The maximum absolute atomic E-state index is 12.1. The predicted octanol–water partition coefficient (Wildman–Crippen LogP) is 2.66. The fourth-order valence-corrected chi connectivity index (χ4v) is 2.30. The fourth-order valence-electron chi connectivity index (χ4n) is 2.30. The Morgan fingerprint density at radius 3 is 2.20 bits per heavy atom. The van der Waals surface area contributed by atoms with Gasteiger partial charge in [-0.15, -0.1) is 0 Å². The SMILES string of the molecule is CC(=O)NC(=O)c1nc2ccccc2c2ccccc12. The lowest BCUT2D eigenvalue weighted by atomic mass is 10.0. The van der Waals surface area contributed by atoms with Gasteiger partial charge in [0.05, 0.1) is 5.52 Å². The summed E-state index contributed by atoms with van der Waals surface area (Å²) >= 11 is 0. The first-order chi connectivity index (χ1) is 9.66. The number of carbonyl (C=O) groups is 2. The summed E-state index contributed by atoms with van der Waals surface area (Å²) in [6.45, 7) is 1.31. The smallest absolute Gasteiger partial charge is 0.277 e. The molecule has 2 aromatic carbocycles. The molecule has 0 unspecified atom stereocenters. The van der Waals surface area contributed by atoms with Crippen LogP contribution < -0.4 is 5.32 Å². The van der Waals surface area contributed by atoms with E-state index in [0.29, 0.717) is 0 Å². The van der Waals surface area contributed by atoms with Crippen LogP contribution in [0.15, 0.2) is 48.5 Å². The number of rotatable bonds is 1. The molecule has 1 N–H and O–H groups in total. The third-order valence-electron chi connectivity index (χ3n) is 3.11. The predicted molar refractivity (Wildman–Crippen MR) is 77.4 cm³/mol. The molecule has 0 saturated heterocycles. The van der Waals surface area contributed by atoms with Crippen LogP contribution in [0.5, 0.6) is 0 Å². The standard InChI is InChI=1S/C16H12N2O2/c1-10(19)17-16(20)15-13-8-3-2-6-11(13)12-7-4-5-9-14(12)18-15/h2-9H,1H3,(H,17,19,20). The molecule has 3 aromatic rings. The Bertz CT molecular complexity index is 840. The van der Waals surface area contributed by atoms with Crippen LogP contribution in [0.3, 0.4) is 0 Å². The zero-order valence-corrected chi connectivity index (χ0v) is 10.9. The van der Waals surface area contributed by atoms with Crippen LogP contribution in [0.4, 0.5) is 0 Å². The molecule has 0 spiro atoms. The molecule has 0 aliphatic heterocycles. The second kappa shape index (κ2) is 4.74. The largest absolute Gasteiger partial charge is 0.291 e. The van der Waals surface area contributed by atoms with Crippen molar-refractivity contribution in [3.63, 3.8) is 0 Å². The highest BCUT2D eigenvalue weighted by Gasteiger charge is 2.15. The van der Waals surface area contributed by atoms with Gasteiger partial charge in [0.1, 0.15) is 5.69 Å². The normalized spacial score (nSPS) is 10.7. The highest BCUT2D eigenvalue weighted by molar-refractivity contribution is 6.16. The third kappa shape index (κ3) is 2.01. The Balaban J connectivity index is 2.34. The van der Waals surface area contributed by atoms with Crippen molar-refractivity contribution in [3.05, 3.63) is 54.2 Å². The molecule has 2 amide bonds. The van der Waals surface area contributed by atoms with Crippen molar-refractivity contribution in [2.24, 2.45) is 0 Å². The summed E-state index contributed by atoms with van der Waals surface area (Å²) in [5.41, 5.74) is 1.01. The van der Waals surface area contributed by atoms with Gasteiger partial charge in [-0.3, -0.25) is 14.9 Å². The van der Waals surface area contributed by atoms with Gasteiger partial charge in [0, 0.05) is 17.7 Å². The molecule has 3 rings (SSSR count). The van der Waals surface area contributed by atoms with Crippen molar-refractivity contribution in [1.82, 2.24) is 10.3 Å². The highest BCUT2D eigenvalue weighted by Crippen LogP contribution is 2.26. The van der Waals surface area contributed by atoms with Crippen molar-refractivity contribution < 1.29 is 9.59 Å². The molecule has 0 aliphatic rings. The topological polar surface area (TPSA) is 59.1 Å². The van der Waals surface area contributed by atoms with E-state index in [1.807, 2.05) is 48.5 Å². The molecule has 0 bridgehead atoms. The summed E-state index contributed by atoms with van der Waals surface area (Å²) in [6.07, 6.45) is 0. The Morgan fingerprint density at radius 1 is 0.900 bits per heavy atom. The second-order valence-corrected chi connectivity index (χ2v) is 4.53. The molecule has 0 atom stereocenters. The number of nitrogens with zero attached hydrogens (tertiary/aromatic N) is 1. The summed E-state index contributed by atoms with van der Waals surface area (Å²) in [7, 11) is 0. The van der Waals surface area contributed by atoms with Gasteiger partial charge in [-0.25, -0.2) is 4.98 Å². The molecule has 0 fully saturated rings. The van der Waals surface area contributed by atoms with Gasteiger partial charge in [0.2, 0.25) is 5.91 Å². The Morgan fingerprint density at radius 2 is 1.50 bits per heavy atom. The number of fused-ring (bicyclic) bond motifs is 3. The first kappa shape index (κ1) is 12.3. The zero-order valence-electron chi connectivity index (χ0n) is 10.9. The number of amides is 2. The van der Waals surface area contributed by atoms with Gasteiger partial charge in [0.15, 0.2) is 0 Å². The third-order valence-corrected chi connectivity index (χ3v) is 3.11. The van der Waals surface area contributed by atoms with E-state index in [1.54, 1.807) is 0 Å². The van der Waals surface area contributed by atoms with Crippen LogP contribution in [0.2, 0.25) is 0 Å². The summed E-state index contributed by atoms with van der Waals surface area (Å²) in [6, 6.07) is 15.2. The van der Waals surface area contributed by atoms with E-state index >= 15 is 0 Å². The number of para-hydroxylation sites is 1. The molecule has 20 heavy (non-hydrogen) atoms. The van der Waals surface area contributed by atoms with E-state index in [2.05, 4.69) is 10.3 Å². The average molecular weight is 264 g/mol. The minimum absolute atomic E-state index is 0.273. The van der Waals surface area contributed by atoms with E-state index in [9.17, 15) is 9.59 Å². The quantitative estimate of drug-likeness (QED) is 0.687. The van der Waals surface area contributed by atoms with Gasteiger partial charge in [-0.2, -0.15) is 0 Å². The molecule has 0 radical (unpaired) electrons. The Labute approximate surface area is 115 Å². The van der Waals surface area contributed by atoms with Crippen molar-refractivity contribution in [2.45, 2.75) is 6.92 Å². The van der Waals surface area contributed by atoms with E-state index < -0.39 is 11.8 Å². The fraction of sp³-hybridized carbons (Fsp3) is 0.0625. The number of hydrogen-bond acceptors (Lipinski definition) is 3. The lowest BCUT2D eigenvalue weighted by Crippen LogP contribution is -2.28. The monoisotopic (exact) mass is 264 g/mol. The zero-order chi connectivity index (χ0) is 14.1. The number of pyridine rings is 1. The molecule has 98 valence electrons. The summed E-state index contributed by atoms with van der Waals surface area (Å²) in [4.78, 5) is 27.6. The summed E-state index contributed by atoms with van der Waals surface area (Å²) < 4.78 is 0. The average Bonchev–Trinajstić information content (AvgIpc) is 2.45. The second-order valence-electron chi connectivity index (χ2n) is 4.53. The van der Waals surface area contributed by atoms with Crippen LogP contribution in [-0.4, -0.2) is 16.8 Å². The lowest BCUT2D eigenvalue weighted by Gasteiger charge is -2.08. The number of carbonyl (C=O) groups excluding carboxylic acids is 2. The van der Waals surface area contributed by atoms with Crippen molar-refractivity contribution >= 4 is 33.5 Å². The van der Waals surface area contributed by atoms with Crippen molar-refractivity contribution in [1.29, 1.82) is 0 Å². The highest BCUT2D eigenvalue weighted by atomic mass is 16.2. The van der Waals surface area contributed by atoms with E-state index in [1.165, 1.54) is 6.92 Å². The molecule has 4 heteroatoms. The summed E-state index contributed by atoms with van der Waals surface area (Å²) in [5, 5.41) is 4.96. The molecule has 0 aliphatic carbocycles. The van der Waals surface area contributed by atoms with Gasteiger partial charge >= 0.3 is 0 Å².